The van der Waals surface area contributed by atoms with E-state index in [0.717, 1.165) is 24.4 Å². The van der Waals surface area contributed by atoms with Crippen LogP contribution in [-0.2, 0) is 6.54 Å². The summed E-state index contributed by atoms with van der Waals surface area (Å²) in [7, 11) is 4.12. The zero-order chi connectivity index (χ0) is 12.8. The quantitative estimate of drug-likeness (QED) is 0.782. The van der Waals surface area contributed by atoms with Gasteiger partial charge in [-0.15, -0.1) is 11.3 Å². The second-order valence-electron chi connectivity index (χ2n) is 4.48. The molecule has 2 N–H and O–H groups in total. The van der Waals surface area contributed by atoms with Gasteiger partial charge in [0.1, 0.15) is 0 Å². The third-order valence-corrected chi connectivity index (χ3v) is 3.47. The number of carbonyl (C=O) groups is 1. The van der Waals surface area contributed by atoms with E-state index >= 15 is 0 Å². The normalized spacial score (nSPS) is 12.9. The highest BCUT2D eigenvalue weighted by atomic mass is 32.1. The molecule has 1 unspecified atom stereocenters. The van der Waals surface area contributed by atoms with E-state index < -0.39 is 5.97 Å². The van der Waals surface area contributed by atoms with Gasteiger partial charge in [-0.3, -0.25) is 0 Å². The smallest absolute Gasteiger partial charge is 0.336 e. The molecule has 0 spiro atoms. The van der Waals surface area contributed by atoms with Crippen LogP contribution in [0.4, 0.5) is 0 Å². The van der Waals surface area contributed by atoms with Crippen molar-refractivity contribution in [1.29, 1.82) is 0 Å². The lowest BCUT2D eigenvalue weighted by atomic mass is 10.2. The fraction of sp³-hybridized carbons (Fsp3) is 0.583. The lowest BCUT2D eigenvalue weighted by molar-refractivity contribution is 0.0697. The molecule has 1 aromatic heterocycles. The third kappa shape index (κ3) is 5.30. The first-order valence-corrected chi connectivity index (χ1v) is 6.56. The van der Waals surface area contributed by atoms with Crippen LogP contribution in [0.1, 0.15) is 28.6 Å². The van der Waals surface area contributed by atoms with Crippen molar-refractivity contribution in [3.63, 3.8) is 0 Å². The Labute approximate surface area is 106 Å². The molecule has 0 aromatic carbocycles. The van der Waals surface area contributed by atoms with Crippen molar-refractivity contribution in [2.24, 2.45) is 0 Å². The number of thiophene rings is 1. The Kier molecular flexibility index (Phi) is 5.61. The van der Waals surface area contributed by atoms with Crippen molar-refractivity contribution in [1.82, 2.24) is 10.2 Å². The minimum Gasteiger partial charge on any atom is -0.478 e. The third-order valence-electron chi connectivity index (χ3n) is 2.53. The molecule has 0 aliphatic rings. The molecule has 1 heterocycles. The summed E-state index contributed by atoms with van der Waals surface area (Å²) in [5.41, 5.74) is 0.382. The summed E-state index contributed by atoms with van der Waals surface area (Å²) < 4.78 is 0. The summed E-state index contributed by atoms with van der Waals surface area (Å²) in [6, 6.07) is 2.17. The second-order valence-corrected chi connectivity index (χ2v) is 5.48. The fourth-order valence-corrected chi connectivity index (χ4v) is 2.22. The van der Waals surface area contributed by atoms with Gasteiger partial charge in [-0.05, 0) is 40.1 Å². The van der Waals surface area contributed by atoms with Gasteiger partial charge in [-0.2, -0.15) is 0 Å². The Morgan fingerprint density at radius 3 is 2.82 bits per heavy atom. The summed E-state index contributed by atoms with van der Waals surface area (Å²) in [4.78, 5) is 13.9. The topological polar surface area (TPSA) is 52.6 Å². The molecule has 17 heavy (non-hydrogen) atoms. The predicted octanol–water partition coefficient (Wildman–Crippen LogP) is 1.88. The van der Waals surface area contributed by atoms with Gasteiger partial charge in [0, 0.05) is 22.8 Å². The minimum absolute atomic E-state index is 0.382. The molecule has 5 heteroatoms. The van der Waals surface area contributed by atoms with Crippen LogP contribution in [0.15, 0.2) is 11.4 Å². The molecular weight excluding hydrogens is 236 g/mol. The van der Waals surface area contributed by atoms with Crippen LogP contribution in [0.2, 0.25) is 0 Å². The van der Waals surface area contributed by atoms with Crippen LogP contribution < -0.4 is 5.32 Å². The van der Waals surface area contributed by atoms with E-state index in [0.29, 0.717) is 11.6 Å². The molecule has 0 saturated heterocycles. The average molecular weight is 256 g/mol. The predicted molar refractivity (Wildman–Crippen MR) is 70.8 cm³/mol. The number of hydrogen-bond donors (Lipinski definition) is 2. The van der Waals surface area contributed by atoms with Gasteiger partial charge in [-0.1, -0.05) is 0 Å². The molecule has 0 aliphatic heterocycles. The SMILES string of the molecule is CC(CCN(C)C)NCc1cc(C(=O)O)cs1. The van der Waals surface area contributed by atoms with Gasteiger partial charge < -0.3 is 15.3 Å². The lowest BCUT2D eigenvalue weighted by Crippen LogP contribution is -2.29. The zero-order valence-electron chi connectivity index (χ0n) is 10.6. The monoisotopic (exact) mass is 256 g/mol. The number of hydrogen-bond acceptors (Lipinski definition) is 4. The van der Waals surface area contributed by atoms with E-state index in [4.69, 9.17) is 5.11 Å². The van der Waals surface area contributed by atoms with E-state index in [1.807, 2.05) is 0 Å². The highest BCUT2D eigenvalue weighted by Gasteiger charge is 2.07. The Hall–Kier alpha value is -0.910. The van der Waals surface area contributed by atoms with Crippen molar-refractivity contribution >= 4 is 17.3 Å². The molecule has 0 radical (unpaired) electrons. The van der Waals surface area contributed by atoms with Crippen molar-refractivity contribution in [2.75, 3.05) is 20.6 Å². The van der Waals surface area contributed by atoms with Gasteiger partial charge in [-0.25, -0.2) is 4.79 Å². The van der Waals surface area contributed by atoms with E-state index in [9.17, 15) is 4.79 Å². The van der Waals surface area contributed by atoms with Crippen LogP contribution in [0, 0.1) is 0 Å². The molecule has 1 aromatic rings. The molecular formula is C12H20N2O2S. The number of carboxylic acid groups (broad SMARTS) is 1. The first-order valence-electron chi connectivity index (χ1n) is 5.68. The zero-order valence-corrected chi connectivity index (χ0v) is 11.4. The number of aromatic carboxylic acids is 1. The molecule has 1 rings (SSSR count). The Morgan fingerprint density at radius 2 is 2.29 bits per heavy atom. The maximum atomic E-state index is 10.7. The second kappa shape index (κ2) is 6.74. The fourth-order valence-electron chi connectivity index (χ4n) is 1.41. The number of rotatable bonds is 7. The van der Waals surface area contributed by atoms with Crippen LogP contribution in [-0.4, -0.2) is 42.7 Å². The Morgan fingerprint density at radius 1 is 1.59 bits per heavy atom. The van der Waals surface area contributed by atoms with Gasteiger partial charge >= 0.3 is 5.97 Å². The molecule has 0 bridgehead atoms. The van der Waals surface area contributed by atoms with Crippen LogP contribution in [0.25, 0.3) is 0 Å². The first kappa shape index (κ1) is 14.2. The summed E-state index contributed by atoms with van der Waals surface area (Å²) in [5, 5.41) is 13.9. The summed E-state index contributed by atoms with van der Waals surface area (Å²) >= 11 is 1.49. The molecule has 4 nitrogen and oxygen atoms in total. The Bertz CT molecular complexity index is 363. The Balaban J connectivity index is 2.31. The number of nitrogens with one attached hydrogen (secondary N) is 1. The van der Waals surface area contributed by atoms with Crippen molar-refractivity contribution in [3.05, 3.63) is 21.9 Å². The summed E-state index contributed by atoms with van der Waals surface area (Å²) in [5.74, 6) is -0.854. The van der Waals surface area contributed by atoms with Crippen molar-refractivity contribution in [3.8, 4) is 0 Å². The van der Waals surface area contributed by atoms with E-state index in [2.05, 4.69) is 31.2 Å². The molecule has 96 valence electrons. The van der Waals surface area contributed by atoms with Crippen LogP contribution in [0.5, 0.6) is 0 Å². The molecule has 0 fully saturated rings. The number of nitrogens with zero attached hydrogens (tertiary/aromatic N) is 1. The molecule has 0 aliphatic carbocycles. The highest BCUT2D eigenvalue weighted by Crippen LogP contribution is 2.14. The van der Waals surface area contributed by atoms with Crippen molar-refractivity contribution < 1.29 is 9.90 Å². The largest absolute Gasteiger partial charge is 0.478 e. The molecule has 1 atom stereocenters. The van der Waals surface area contributed by atoms with Gasteiger partial charge in [0.15, 0.2) is 0 Å². The summed E-state index contributed by atoms with van der Waals surface area (Å²) in [6.07, 6.45) is 1.09. The van der Waals surface area contributed by atoms with E-state index in [-0.39, 0.29) is 0 Å². The standard InChI is InChI=1S/C12H20N2O2S/c1-9(4-5-14(2)3)13-7-11-6-10(8-17-11)12(15)16/h6,8-9,13H,4-5,7H2,1-3H3,(H,15,16). The van der Waals surface area contributed by atoms with Crippen LogP contribution >= 0.6 is 11.3 Å². The van der Waals surface area contributed by atoms with Crippen LogP contribution in [0.3, 0.4) is 0 Å². The minimum atomic E-state index is -0.854. The van der Waals surface area contributed by atoms with Gasteiger partial charge in [0.2, 0.25) is 0 Å². The molecule has 0 saturated carbocycles. The average Bonchev–Trinajstić information content (AvgIpc) is 2.72. The maximum absolute atomic E-state index is 10.7. The van der Waals surface area contributed by atoms with Crippen molar-refractivity contribution in [2.45, 2.75) is 25.9 Å². The first-order chi connectivity index (χ1) is 7.99. The lowest BCUT2D eigenvalue weighted by Gasteiger charge is -2.16. The van der Waals surface area contributed by atoms with E-state index in [1.54, 1.807) is 11.4 Å². The van der Waals surface area contributed by atoms with E-state index in [1.165, 1.54) is 11.3 Å². The van der Waals surface area contributed by atoms with Gasteiger partial charge in [0.25, 0.3) is 0 Å². The molecule has 0 amide bonds. The van der Waals surface area contributed by atoms with Gasteiger partial charge in [0.05, 0.1) is 5.56 Å². The summed E-state index contributed by atoms with van der Waals surface area (Å²) in [6.45, 7) is 3.95. The highest BCUT2D eigenvalue weighted by molar-refractivity contribution is 7.10. The number of carboxylic acids is 1. The maximum Gasteiger partial charge on any atom is 0.336 e.